The standard InChI is InChI=1S/C14H22N4O2/c1-2-20-14(19)7-5-9-18-11-13(16-17-18)10-12-6-3-4-8-15-12/h10-11,15H,2-9H2,1H3. The Morgan fingerprint density at radius 3 is 3.20 bits per heavy atom. The number of hydrogen-bond donors (Lipinski definition) is 1. The van der Waals surface area contributed by atoms with Gasteiger partial charge in [0.1, 0.15) is 5.69 Å². The summed E-state index contributed by atoms with van der Waals surface area (Å²) >= 11 is 0. The van der Waals surface area contributed by atoms with Crippen molar-refractivity contribution in [2.45, 2.75) is 45.6 Å². The van der Waals surface area contributed by atoms with Gasteiger partial charge in [-0.25, -0.2) is 0 Å². The molecule has 0 atom stereocenters. The van der Waals surface area contributed by atoms with Crippen molar-refractivity contribution in [3.05, 3.63) is 17.6 Å². The Morgan fingerprint density at radius 2 is 2.45 bits per heavy atom. The van der Waals surface area contributed by atoms with Crippen LogP contribution in [0.2, 0.25) is 0 Å². The largest absolute Gasteiger partial charge is 0.466 e. The van der Waals surface area contributed by atoms with Crippen LogP contribution in [0.4, 0.5) is 0 Å². The molecule has 0 bridgehead atoms. The number of piperidine rings is 1. The second kappa shape index (κ2) is 7.67. The maximum atomic E-state index is 11.2. The van der Waals surface area contributed by atoms with Crippen molar-refractivity contribution in [3.8, 4) is 0 Å². The Balaban J connectivity index is 1.78. The molecule has 0 saturated carbocycles. The highest BCUT2D eigenvalue weighted by Crippen LogP contribution is 2.13. The topological polar surface area (TPSA) is 69.0 Å². The van der Waals surface area contributed by atoms with Gasteiger partial charge in [-0.3, -0.25) is 9.48 Å². The molecular weight excluding hydrogens is 256 g/mol. The van der Waals surface area contributed by atoms with E-state index in [4.69, 9.17) is 4.74 Å². The van der Waals surface area contributed by atoms with Gasteiger partial charge in [-0.15, -0.1) is 5.10 Å². The second-order valence-corrected chi connectivity index (χ2v) is 4.87. The van der Waals surface area contributed by atoms with E-state index < -0.39 is 0 Å². The molecule has 0 aromatic carbocycles. The van der Waals surface area contributed by atoms with Gasteiger partial charge in [0.25, 0.3) is 0 Å². The Labute approximate surface area is 119 Å². The summed E-state index contributed by atoms with van der Waals surface area (Å²) in [5, 5.41) is 11.6. The molecule has 0 amide bonds. The zero-order valence-electron chi connectivity index (χ0n) is 12.0. The molecule has 1 aliphatic heterocycles. The van der Waals surface area contributed by atoms with Crippen molar-refractivity contribution in [3.63, 3.8) is 0 Å². The summed E-state index contributed by atoms with van der Waals surface area (Å²) in [7, 11) is 0. The summed E-state index contributed by atoms with van der Waals surface area (Å²) in [6, 6.07) is 0. The van der Waals surface area contributed by atoms with Crippen LogP contribution in [0.5, 0.6) is 0 Å². The molecule has 6 nitrogen and oxygen atoms in total. The van der Waals surface area contributed by atoms with E-state index in [-0.39, 0.29) is 5.97 Å². The fourth-order valence-corrected chi connectivity index (χ4v) is 2.19. The molecule has 6 heteroatoms. The van der Waals surface area contributed by atoms with Crippen LogP contribution in [0, 0.1) is 0 Å². The normalized spacial score (nSPS) is 16.9. The van der Waals surface area contributed by atoms with Gasteiger partial charge >= 0.3 is 5.97 Å². The van der Waals surface area contributed by atoms with E-state index in [1.807, 2.05) is 19.2 Å². The smallest absolute Gasteiger partial charge is 0.305 e. The predicted molar refractivity (Wildman–Crippen MR) is 75.7 cm³/mol. The molecule has 2 heterocycles. The average molecular weight is 278 g/mol. The lowest BCUT2D eigenvalue weighted by Crippen LogP contribution is -2.19. The summed E-state index contributed by atoms with van der Waals surface area (Å²) in [5.74, 6) is -0.152. The second-order valence-electron chi connectivity index (χ2n) is 4.87. The number of aryl methyl sites for hydroxylation is 1. The van der Waals surface area contributed by atoms with Crippen LogP contribution in [0.15, 0.2) is 11.9 Å². The maximum Gasteiger partial charge on any atom is 0.305 e. The van der Waals surface area contributed by atoms with Gasteiger partial charge in [0.15, 0.2) is 0 Å². The lowest BCUT2D eigenvalue weighted by molar-refractivity contribution is -0.143. The number of nitrogens with zero attached hydrogens (tertiary/aromatic N) is 3. The summed E-state index contributed by atoms with van der Waals surface area (Å²) in [4.78, 5) is 11.2. The number of carbonyl (C=O) groups excluding carboxylic acids is 1. The lowest BCUT2D eigenvalue weighted by Gasteiger charge is -2.15. The van der Waals surface area contributed by atoms with Crippen molar-refractivity contribution in [2.24, 2.45) is 0 Å². The first-order valence-electron chi connectivity index (χ1n) is 7.28. The average Bonchev–Trinajstić information content (AvgIpc) is 2.88. The van der Waals surface area contributed by atoms with Gasteiger partial charge in [0.2, 0.25) is 0 Å². The number of nitrogens with one attached hydrogen (secondary N) is 1. The van der Waals surface area contributed by atoms with Crippen LogP contribution in [0.25, 0.3) is 6.08 Å². The molecule has 1 aliphatic rings. The van der Waals surface area contributed by atoms with Crippen LogP contribution < -0.4 is 5.32 Å². The quantitative estimate of drug-likeness (QED) is 0.803. The van der Waals surface area contributed by atoms with Crippen molar-refractivity contribution in [1.29, 1.82) is 0 Å². The van der Waals surface area contributed by atoms with Crippen LogP contribution in [0.3, 0.4) is 0 Å². The number of ether oxygens (including phenoxy) is 1. The molecule has 2 rings (SSSR count). The zero-order chi connectivity index (χ0) is 14.2. The SMILES string of the molecule is CCOC(=O)CCCn1cc(C=C2CCCCN2)nn1. The van der Waals surface area contributed by atoms with Crippen LogP contribution in [-0.4, -0.2) is 34.1 Å². The van der Waals surface area contributed by atoms with Crippen LogP contribution >= 0.6 is 0 Å². The Morgan fingerprint density at radius 1 is 1.55 bits per heavy atom. The van der Waals surface area contributed by atoms with Crippen molar-refractivity contribution in [2.75, 3.05) is 13.2 Å². The fraction of sp³-hybridized carbons (Fsp3) is 0.643. The summed E-state index contributed by atoms with van der Waals surface area (Å²) in [6.07, 6.45) is 8.64. The maximum absolute atomic E-state index is 11.2. The third-order valence-corrected chi connectivity index (χ3v) is 3.18. The minimum Gasteiger partial charge on any atom is -0.466 e. The molecule has 0 radical (unpaired) electrons. The number of hydrogen-bond acceptors (Lipinski definition) is 5. The Hall–Kier alpha value is -1.85. The predicted octanol–water partition coefficient (Wildman–Crippen LogP) is 1.74. The van der Waals surface area contributed by atoms with E-state index in [1.54, 1.807) is 4.68 Å². The first-order valence-corrected chi connectivity index (χ1v) is 7.28. The highest BCUT2D eigenvalue weighted by atomic mass is 16.5. The lowest BCUT2D eigenvalue weighted by atomic mass is 10.1. The first-order chi connectivity index (χ1) is 9.78. The monoisotopic (exact) mass is 278 g/mol. The van der Waals surface area contributed by atoms with Gasteiger partial charge < -0.3 is 10.1 Å². The molecule has 110 valence electrons. The minimum atomic E-state index is -0.152. The highest BCUT2D eigenvalue weighted by Gasteiger charge is 2.06. The molecule has 1 fully saturated rings. The molecule has 1 aromatic rings. The highest BCUT2D eigenvalue weighted by molar-refractivity contribution is 5.69. The fourth-order valence-electron chi connectivity index (χ4n) is 2.19. The number of aromatic nitrogens is 3. The number of carbonyl (C=O) groups is 1. The molecule has 1 N–H and O–H groups in total. The van der Waals surface area contributed by atoms with Gasteiger partial charge in [0.05, 0.1) is 12.8 Å². The number of rotatable bonds is 6. The van der Waals surface area contributed by atoms with E-state index >= 15 is 0 Å². The third kappa shape index (κ3) is 4.68. The molecule has 0 aliphatic carbocycles. The molecule has 20 heavy (non-hydrogen) atoms. The molecule has 0 unspecified atom stereocenters. The van der Waals surface area contributed by atoms with E-state index in [0.29, 0.717) is 19.6 Å². The van der Waals surface area contributed by atoms with Gasteiger partial charge in [-0.05, 0) is 38.7 Å². The van der Waals surface area contributed by atoms with E-state index in [1.165, 1.54) is 18.5 Å². The van der Waals surface area contributed by atoms with Crippen molar-refractivity contribution >= 4 is 12.0 Å². The minimum absolute atomic E-state index is 0.152. The third-order valence-electron chi connectivity index (χ3n) is 3.18. The number of esters is 1. The summed E-state index contributed by atoms with van der Waals surface area (Å²) in [6.45, 7) is 3.98. The van der Waals surface area contributed by atoms with Crippen LogP contribution in [-0.2, 0) is 16.1 Å². The Kier molecular flexibility index (Phi) is 5.58. The van der Waals surface area contributed by atoms with E-state index in [2.05, 4.69) is 15.6 Å². The van der Waals surface area contributed by atoms with Gasteiger partial charge in [-0.1, -0.05) is 5.21 Å². The van der Waals surface area contributed by atoms with Crippen molar-refractivity contribution < 1.29 is 9.53 Å². The summed E-state index contributed by atoms with van der Waals surface area (Å²) < 4.78 is 6.66. The summed E-state index contributed by atoms with van der Waals surface area (Å²) in [5.41, 5.74) is 2.10. The van der Waals surface area contributed by atoms with Gasteiger partial charge in [0, 0.05) is 25.2 Å². The van der Waals surface area contributed by atoms with Gasteiger partial charge in [-0.2, -0.15) is 0 Å². The zero-order valence-corrected chi connectivity index (χ0v) is 12.0. The van der Waals surface area contributed by atoms with E-state index in [0.717, 1.165) is 25.1 Å². The first kappa shape index (κ1) is 14.6. The molecule has 1 aromatic heterocycles. The molecular formula is C14H22N4O2. The van der Waals surface area contributed by atoms with Crippen LogP contribution in [0.1, 0.15) is 44.7 Å². The molecule has 0 spiro atoms. The molecule has 1 saturated heterocycles. The van der Waals surface area contributed by atoms with E-state index in [9.17, 15) is 4.79 Å². The number of allylic oxidation sites excluding steroid dienone is 1. The Bertz CT molecular complexity index is 459. The van der Waals surface area contributed by atoms with Crippen molar-refractivity contribution in [1.82, 2.24) is 20.3 Å².